The van der Waals surface area contributed by atoms with E-state index in [1.54, 1.807) is 0 Å². The molecule has 0 aromatic carbocycles. The Bertz CT molecular complexity index is 143. The molecule has 3 nitrogen and oxygen atoms in total. The fourth-order valence-electron chi connectivity index (χ4n) is 1.87. The van der Waals surface area contributed by atoms with Crippen LogP contribution in [0.25, 0.3) is 0 Å². The van der Waals surface area contributed by atoms with E-state index in [-0.39, 0.29) is 5.92 Å². The fourth-order valence-corrected chi connectivity index (χ4v) is 1.87. The van der Waals surface area contributed by atoms with Gasteiger partial charge in [0.1, 0.15) is 0 Å². The number of hydrogen-bond acceptors (Lipinski definition) is 2. The smallest absolute Gasteiger partial charge is 0.309 e. The zero-order valence-corrected chi connectivity index (χ0v) is 5.00. The number of carbonyl (C=O) groups is 1. The molecule has 2 heterocycles. The van der Waals surface area contributed by atoms with Gasteiger partial charge in [0.2, 0.25) is 0 Å². The summed E-state index contributed by atoms with van der Waals surface area (Å²) in [5.74, 6) is -0.689. The fraction of sp³-hybridized carbons (Fsp3) is 0.833. The minimum absolute atomic E-state index is 0.0648. The molecular weight excluding hydrogens is 118 g/mol. The van der Waals surface area contributed by atoms with Gasteiger partial charge in [-0.25, -0.2) is 0 Å². The van der Waals surface area contributed by atoms with Crippen LogP contribution < -0.4 is 5.32 Å². The summed E-state index contributed by atoms with van der Waals surface area (Å²) < 4.78 is 0. The van der Waals surface area contributed by atoms with Crippen molar-refractivity contribution in [3.05, 3.63) is 0 Å². The molecule has 0 unspecified atom stereocenters. The van der Waals surface area contributed by atoms with Crippen LogP contribution in [-0.2, 0) is 4.79 Å². The van der Waals surface area contributed by atoms with Crippen LogP contribution in [0, 0.1) is 5.92 Å². The predicted octanol–water partition coefficient (Wildman–Crippen LogP) is -0.179. The molecule has 0 aromatic heterocycles. The summed E-state index contributed by atoms with van der Waals surface area (Å²) in [6.45, 7) is 0. The summed E-state index contributed by atoms with van der Waals surface area (Å²) in [6, 6.07) is 0.597. The van der Waals surface area contributed by atoms with Crippen LogP contribution in [0.1, 0.15) is 12.8 Å². The molecule has 2 aliphatic heterocycles. The maximum absolute atomic E-state index is 10.4. The third-order valence-electron chi connectivity index (χ3n) is 2.37. The average molecular weight is 127 g/mol. The molecule has 1 aliphatic carbocycles. The third kappa shape index (κ3) is 0.525. The molecule has 3 heteroatoms. The first-order valence-corrected chi connectivity index (χ1v) is 3.28. The Morgan fingerprint density at radius 3 is 2.22 bits per heavy atom. The van der Waals surface area contributed by atoms with Crippen LogP contribution >= 0.6 is 0 Å². The summed E-state index contributed by atoms with van der Waals surface area (Å²) in [5, 5.41) is 11.7. The van der Waals surface area contributed by atoms with E-state index in [4.69, 9.17) is 5.11 Å². The second-order valence-corrected chi connectivity index (χ2v) is 2.82. The minimum atomic E-state index is -0.624. The van der Waals surface area contributed by atoms with Crippen molar-refractivity contribution in [1.29, 1.82) is 0 Å². The number of nitrogens with one attached hydrogen (secondary N) is 1. The second kappa shape index (κ2) is 1.48. The van der Waals surface area contributed by atoms with Crippen molar-refractivity contribution in [3.8, 4) is 0 Å². The van der Waals surface area contributed by atoms with Gasteiger partial charge in [-0.15, -0.1) is 0 Å². The van der Waals surface area contributed by atoms with Gasteiger partial charge in [0, 0.05) is 12.1 Å². The average Bonchev–Trinajstić information content (AvgIpc) is 2.13. The molecule has 3 rings (SSSR count). The van der Waals surface area contributed by atoms with E-state index in [0.29, 0.717) is 12.1 Å². The lowest BCUT2D eigenvalue weighted by atomic mass is 9.92. The Morgan fingerprint density at radius 1 is 1.44 bits per heavy atom. The van der Waals surface area contributed by atoms with Crippen LogP contribution in [-0.4, -0.2) is 23.2 Å². The largest absolute Gasteiger partial charge is 0.481 e. The van der Waals surface area contributed by atoms with Gasteiger partial charge in [0.05, 0.1) is 5.92 Å². The van der Waals surface area contributed by atoms with Gasteiger partial charge in [-0.1, -0.05) is 0 Å². The Kier molecular flexibility index (Phi) is 0.858. The van der Waals surface area contributed by atoms with Gasteiger partial charge < -0.3 is 10.4 Å². The van der Waals surface area contributed by atoms with E-state index in [0.717, 1.165) is 12.8 Å². The van der Waals surface area contributed by atoms with Crippen LogP contribution in [0.2, 0.25) is 0 Å². The van der Waals surface area contributed by atoms with Crippen molar-refractivity contribution >= 4 is 5.97 Å². The molecule has 9 heavy (non-hydrogen) atoms. The van der Waals surface area contributed by atoms with Gasteiger partial charge in [-0.3, -0.25) is 4.79 Å². The highest BCUT2D eigenvalue weighted by atomic mass is 16.4. The van der Waals surface area contributed by atoms with E-state index in [1.807, 2.05) is 0 Å². The zero-order valence-electron chi connectivity index (χ0n) is 5.00. The Morgan fingerprint density at radius 2 is 2.00 bits per heavy atom. The number of hydrogen-bond donors (Lipinski definition) is 2. The number of aliphatic carboxylic acids is 1. The number of carboxylic acid groups (broad SMARTS) is 1. The molecule has 2 bridgehead atoms. The van der Waals surface area contributed by atoms with E-state index >= 15 is 0 Å². The van der Waals surface area contributed by atoms with Crippen molar-refractivity contribution in [2.24, 2.45) is 5.92 Å². The van der Waals surface area contributed by atoms with E-state index in [2.05, 4.69) is 5.32 Å². The van der Waals surface area contributed by atoms with Crippen molar-refractivity contribution in [2.45, 2.75) is 24.9 Å². The van der Waals surface area contributed by atoms with Crippen LogP contribution in [0.15, 0.2) is 0 Å². The zero-order chi connectivity index (χ0) is 6.43. The maximum Gasteiger partial charge on any atom is 0.309 e. The van der Waals surface area contributed by atoms with Gasteiger partial charge in [-0.05, 0) is 12.8 Å². The lowest BCUT2D eigenvalue weighted by Crippen LogP contribution is -2.57. The molecule has 3 atom stereocenters. The number of rotatable bonds is 1. The molecule has 50 valence electrons. The van der Waals surface area contributed by atoms with Gasteiger partial charge in [0.15, 0.2) is 0 Å². The van der Waals surface area contributed by atoms with Crippen molar-refractivity contribution in [3.63, 3.8) is 0 Å². The Labute approximate surface area is 53.1 Å². The lowest BCUT2D eigenvalue weighted by Gasteiger charge is -2.33. The molecular formula is C6H9NO2. The molecule has 2 N–H and O–H groups in total. The van der Waals surface area contributed by atoms with E-state index in [9.17, 15) is 4.79 Å². The van der Waals surface area contributed by atoms with Gasteiger partial charge in [-0.2, -0.15) is 0 Å². The number of carboxylic acids is 1. The second-order valence-electron chi connectivity index (χ2n) is 2.82. The molecule has 2 saturated heterocycles. The first-order valence-electron chi connectivity index (χ1n) is 3.28. The summed E-state index contributed by atoms with van der Waals surface area (Å²) in [4.78, 5) is 10.4. The van der Waals surface area contributed by atoms with E-state index < -0.39 is 5.97 Å². The first-order chi connectivity index (χ1) is 4.29. The van der Waals surface area contributed by atoms with Crippen LogP contribution in [0.4, 0.5) is 0 Å². The normalized spacial score (nSPS) is 46.4. The van der Waals surface area contributed by atoms with Gasteiger partial charge in [0.25, 0.3) is 0 Å². The SMILES string of the molecule is O=C(O)[C@@H]1[C@@H]2CC[C@H]1N2. The van der Waals surface area contributed by atoms with Crippen molar-refractivity contribution in [1.82, 2.24) is 5.32 Å². The molecule has 0 radical (unpaired) electrons. The highest BCUT2D eigenvalue weighted by molar-refractivity contribution is 5.74. The minimum Gasteiger partial charge on any atom is -0.481 e. The summed E-state index contributed by atoms with van der Waals surface area (Å²) in [6.07, 6.45) is 2.11. The standard InChI is InChI=1S/C6H9NO2/c8-6(9)5-3-1-2-4(5)7-3/h3-5,7H,1-2H2,(H,8,9)/t3-,4+,5+. The topological polar surface area (TPSA) is 49.3 Å². The Balaban J connectivity index is 2.10. The number of fused-ring (bicyclic) bond motifs is 1. The van der Waals surface area contributed by atoms with Crippen molar-refractivity contribution in [2.75, 3.05) is 0 Å². The lowest BCUT2D eigenvalue weighted by molar-refractivity contribution is -0.145. The van der Waals surface area contributed by atoms with Crippen molar-refractivity contribution < 1.29 is 9.90 Å². The highest BCUT2D eigenvalue weighted by Gasteiger charge is 2.50. The predicted molar refractivity (Wildman–Crippen MR) is 31.1 cm³/mol. The molecule has 1 saturated carbocycles. The monoisotopic (exact) mass is 127 g/mol. The summed E-state index contributed by atoms with van der Waals surface area (Å²) in [7, 11) is 0. The Hall–Kier alpha value is -0.570. The van der Waals surface area contributed by atoms with Crippen LogP contribution in [0.5, 0.6) is 0 Å². The van der Waals surface area contributed by atoms with E-state index in [1.165, 1.54) is 0 Å². The molecule has 0 amide bonds. The molecule has 0 spiro atoms. The van der Waals surface area contributed by atoms with Gasteiger partial charge >= 0.3 is 5.97 Å². The quantitative estimate of drug-likeness (QED) is 0.513. The molecule has 0 aromatic rings. The molecule has 3 fully saturated rings. The summed E-state index contributed by atoms with van der Waals surface area (Å²) in [5.41, 5.74) is 0. The maximum atomic E-state index is 10.4. The third-order valence-corrected chi connectivity index (χ3v) is 2.37. The first kappa shape index (κ1) is 5.23. The molecule has 3 aliphatic rings. The highest BCUT2D eigenvalue weighted by Crippen LogP contribution is 2.35. The van der Waals surface area contributed by atoms with Crippen LogP contribution in [0.3, 0.4) is 0 Å². The summed E-state index contributed by atoms with van der Waals surface area (Å²) >= 11 is 0.